The zero-order valence-electron chi connectivity index (χ0n) is 13.9. The molecule has 0 aliphatic heterocycles. The number of benzene rings is 1. The largest absolute Gasteiger partial charge is 0.465 e. The van der Waals surface area contributed by atoms with Gasteiger partial charge < -0.3 is 10.1 Å². The van der Waals surface area contributed by atoms with Gasteiger partial charge in [-0.15, -0.1) is 0 Å². The summed E-state index contributed by atoms with van der Waals surface area (Å²) in [6.07, 6.45) is 5.04. The predicted molar refractivity (Wildman–Crippen MR) is 90.5 cm³/mol. The molecule has 0 aromatic heterocycles. The maximum atomic E-state index is 11.5. The number of nitrogens with one attached hydrogen (secondary N) is 1. The van der Waals surface area contributed by atoms with Gasteiger partial charge in [-0.3, -0.25) is 0 Å². The van der Waals surface area contributed by atoms with Gasteiger partial charge in [-0.1, -0.05) is 45.4 Å². The summed E-state index contributed by atoms with van der Waals surface area (Å²) in [5.41, 5.74) is 2.53. The standard InChI is InChI=1S/C19H27NO2/c1-5-15-7-6-13(2)12-18(15)20-14(3)16-8-10-17(11-9-16)19(21)22-4/h8-11,13,15,18,20H,3,5-7,12H2,1-2,4H3/t13-,15-,18+/m1/s1. The quantitative estimate of drug-likeness (QED) is 0.826. The molecule has 0 bridgehead atoms. The average molecular weight is 301 g/mol. The number of hydrogen-bond acceptors (Lipinski definition) is 3. The van der Waals surface area contributed by atoms with Crippen molar-refractivity contribution in [1.29, 1.82) is 0 Å². The van der Waals surface area contributed by atoms with Crippen molar-refractivity contribution in [3.05, 3.63) is 42.0 Å². The van der Waals surface area contributed by atoms with Crippen LogP contribution in [0.2, 0.25) is 0 Å². The van der Waals surface area contributed by atoms with Crippen molar-refractivity contribution < 1.29 is 9.53 Å². The van der Waals surface area contributed by atoms with Crippen LogP contribution in [0, 0.1) is 11.8 Å². The van der Waals surface area contributed by atoms with Crippen molar-refractivity contribution in [3.63, 3.8) is 0 Å². The van der Waals surface area contributed by atoms with Crippen LogP contribution in [0.5, 0.6) is 0 Å². The normalized spacial score (nSPS) is 24.6. The third-order valence-corrected chi connectivity index (χ3v) is 4.79. The highest BCUT2D eigenvalue weighted by molar-refractivity contribution is 5.89. The lowest BCUT2D eigenvalue weighted by Crippen LogP contribution is -2.39. The molecule has 120 valence electrons. The Labute approximate surface area is 133 Å². The lowest BCUT2D eigenvalue weighted by Gasteiger charge is -2.36. The van der Waals surface area contributed by atoms with E-state index in [1.165, 1.54) is 32.8 Å². The van der Waals surface area contributed by atoms with Gasteiger partial charge in [0.05, 0.1) is 12.7 Å². The van der Waals surface area contributed by atoms with E-state index >= 15 is 0 Å². The molecule has 1 fully saturated rings. The highest BCUT2D eigenvalue weighted by atomic mass is 16.5. The molecular formula is C19H27NO2. The van der Waals surface area contributed by atoms with Gasteiger partial charge >= 0.3 is 5.97 Å². The minimum Gasteiger partial charge on any atom is -0.465 e. The second-order valence-corrected chi connectivity index (χ2v) is 6.38. The number of ether oxygens (including phenoxy) is 1. The summed E-state index contributed by atoms with van der Waals surface area (Å²) < 4.78 is 4.72. The first-order valence-electron chi connectivity index (χ1n) is 8.19. The smallest absolute Gasteiger partial charge is 0.337 e. The first-order chi connectivity index (χ1) is 10.5. The predicted octanol–water partition coefficient (Wildman–Crippen LogP) is 4.25. The number of carbonyl (C=O) groups excluding carboxylic acids is 1. The second kappa shape index (κ2) is 7.48. The Kier molecular flexibility index (Phi) is 5.64. The maximum Gasteiger partial charge on any atom is 0.337 e. The van der Waals surface area contributed by atoms with E-state index in [-0.39, 0.29) is 5.97 Å². The summed E-state index contributed by atoms with van der Waals surface area (Å²) in [5, 5.41) is 3.62. The molecule has 0 amide bonds. The Morgan fingerprint density at radius 1 is 1.27 bits per heavy atom. The molecule has 1 N–H and O–H groups in total. The summed E-state index contributed by atoms with van der Waals surface area (Å²) in [4.78, 5) is 11.5. The Hall–Kier alpha value is -1.77. The van der Waals surface area contributed by atoms with E-state index in [1.54, 1.807) is 12.1 Å². The Morgan fingerprint density at radius 3 is 2.50 bits per heavy atom. The van der Waals surface area contributed by atoms with Gasteiger partial charge in [0.25, 0.3) is 0 Å². The van der Waals surface area contributed by atoms with Crippen molar-refractivity contribution in [2.75, 3.05) is 7.11 Å². The van der Waals surface area contributed by atoms with Crippen LogP contribution >= 0.6 is 0 Å². The summed E-state index contributed by atoms with van der Waals surface area (Å²) in [7, 11) is 1.39. The van der Waals surface area contributed by atoms with Crippen LogP contribution in [-0.2, 0) is 4.74 Å². The molecule has 0 saturated heterocycles. The van der Waals surface area contributed by atoms with E-state index in [9.17, 15) is 4.79 Å². The molecule has 2 rings (SSSR count). The minimum atomic E-state index is -0.308. The Morgan fingerprint density at radius 2 is 1.91 bits per heavy atom. The van der Waals surface area contributed by atoms with Gasteiger partial charge in [0.15, 0.2) is 0 Å². The molecule has 0 radical (unpaired) electrons. The molecule has 0 unspecified atom stereocenters. The highest BCUT2D eigenvalue weighted by Gasteiger charge is 2.27. The number of hydrogen-bond donors (Lipinski definition) is 1. The van der Waals surface area contributed by atoms with Crippen molar-refractivity contribution in [1.82, 2.24) is 5.32 Å². The second-order valence-electron chi connectivity index (χ2n) is 6.38. The lowest BCUT2D eigenvalue weighted by atomic mass is 9.77. The fourth-order valence-corrected chi connectivity index (χ4v) is 3.34. The molecule has 3 nitrogen and oxygen atoms in total. The first kappa shape index (κ1) is 16.6. The third-order valence-electron chi connectivity index (χ3n) is 4.79. The van der Waals surface area contributed by atoms with Gasteiger partial charge in [0, 0.05) is 11.7 Å². The van der Waals surface area contributed by atoms with Crippen molar-refractivity contribution in [2.45, 2.75) is 45.6 Å². The SMILES string of the molecule is C=C(N[C@H]1C[C@H](C)CC[C@H]1CC)c1ccc(C(=O)OC)cc1. The zero-order valence-corrected chi connectivity index (χ0v) is 13.9. The van der Waals surface area contributed by atoms with E-state index < -0.39 is 0 Å². The summed E-state index contributed by atoms with van der Waals surface area (Å²) >= 11 is 0. The maximum absolute atomic E-state index is 11.5. The molecule has 1 aliphatic rings. The van der Waals surface area contributed by atoms with Gasteiger partial charge in [0.2, 0.25) is 0 Å². The molecule has 1 aromatic rings. The molecule has 0 spiro atoms. The van der Waals surface area contributed by atoms with Gasteiger partial charge in [-0.25, -0.2) is 4.79 Å². The lowest BCUT2D eigenvalue weighted by molar-refractivity contribution is 0.0600. The Balaban J connectivity index is 2.03. The molecule has 22 heavy (non-hydrogen) atoms. The fraction of sp³-hybridized carbons (Fsp3) is 0.526. The summed E-state index contributed by atoms with van der Waals surface area (Å²) in [6.45, 7) is 8.78. The molecule has 0 heterocycles. The first-order valence-corrected chi connectivity index (χ1v) is 8.19. The van der Waals surface area contributed by atoms with E-state index in [0.717, 1.165) is 23.1 Å². The monoisotopic (exact) mass is 301 g/mol. The van der Waals surface area contributed by atoms with Crippen LogP contribution < -0.4 is 5.32 Å². The molecular weight excluding hydrogens is 274 g/mol. The van der Waals surface area contributed by atoms with E-state index in [0.29, 0.717) is 11.6 Å². The van der Waals surface area contributed by atoms with E-state index in [4.69, 9.17) is 4.74 Å². The summed E-state index contributed by atoms with van der Waals surface area (Å²) in [5.74, 6) is 1.19. The number of rotatable bonds is 5. The third kappa shape index (κ3) is 3.90. The topological polar surface area (TPSA) is 38.3 Å². The zero-order chi connectivity index (χ0) is 16.1. The minimum absolute atomic E-state index is 0.308. The molecule has 3 heteroatoms. The van der Waals surface area contributed by atoms with Crippen molar-refractivity contribution in [3.8, 4) is 0 Å². The molecule has 3 atom stereocenters. The van der Waals surface area contributed by atoms with Gasteiger partial charge in [-0.05, 0) is 42.4 Å². The van der Waals surface area contributed by atoms with Crippen LogP contribution in [0.3, 0.4) is 0 Å². The highest BCUT2D eigenvalue weighted by Crippen LogP contribution is 2.32. The summed E-state index contributed by atoms with van der Waals surface area (Å²) in [6, 6.07) is 7.93. The van der Waals surface area contributed by atoms with Crippen LogP contribution in [0.25, 0.3) is 5.70 Å². The molecule has 1 aromatic carbocycles. The van der Waals surface area contributed by atoms with Crippen LogP contribution in [0.1, 0.15) is 55.5 Å². The van der Waals surface area contributed by atoms with Gasteiger partial charge in [0.1, 0.15) is 0 Å². The van der Waals surface area contributed by atoms with Crippen LogP contribution in [0.15, 0.2) is 30.8 Å². The fourth-order valence-electron chi connectivity index (χ4n) is 3.34. The van der Waals surface area contributed by atoms with Crippen molar-refractivity contribution >= 4 is 11.7 Å². The van der Waals surface area contributed by atoms with E-state index in [1.807, 2.05) is 12.1 Å². The van der Waals surface area contributed by atoms with Crippen LogP contribution in [-0.4, -0.2) is 19.1 Å². The van der Waals surface area contributed by atoms with E-state index in [2.05, 4.69) is 25.7 Å². The van der Waals surface area contributed by atoms with Gasteiger partial charge in [-0.2, -0.15) is 0 Å². The number of carbonyl (C=O) groups is 1. The number of esters is 1. The average Bonchev–Trinajstić information content (AvgIpc) is 2.54. The number of methoxy groups -OCH3 is 1. The Bertz CT molecular complexity index is 521. The molecule has 1 saturated carbocycles. The van der Waals surface area contributed by atoms with Crippen LogP contribution in [0.4, 0.5) is 0 Å². The molecule has 1 aliphatic carbocycles. The van der Waals surface area contributed by atoms with Crippen molar-refractivity contribution in [2.24, 2.45) is 11.8 Å².